The summed E-state index contributed by atoms with van der Waals surface area (Å²) in [7, 11) is 0. The minimum absolute atomic E-state index is 0.308. The Kier molecular flexibility index (Phi) is 7.51. The summed E-state index contributed by atoms with van der Waals surface area (Å²) in [5.74, 6) is 1.62. The summed E-state index contributed by atoms with van der Waals surface area (Å²) < 4.78 is 24.3. The highest BCUT2D eigenvalue weighted by Crippen LogP contribution is 2.39. The van der Waals surface area contributed by atoms with E-state index in [9.17, 15) is 4.79 Å². The number of aromatic nitrogens is 1. The van der Waals surface area contributed by atoms with Crippen LogP contribution in [0.15, 0.2) is 75.6 Å². The maximum Gasteiger partial charge on any atom is 0.255 e. The Hall–Kier alpha value is -4.04. The number of rotatable bonds is 9. The summed E-state index contributed by atoms with van der Waals surface area (Å²) in [6.07, 6.45) is 0. The molecule has 0 unspecified atom stereocenters. The number of hydrogen-bond donors (Lipinski definition) is 1. The summed E-state index contributed by atoms with van der Waals surface area (Å²) in [6, 6.07) is 20.8. The lowest BCUT2D eigenvalue weighted by molar-refractivity contribution is 0.102. The highest BCUT2D eigenvalue weighted by molar-refractivity contribution is 9.10. The summed E-state index contributed by atoms with van der Waals surface area (Å²) in [6.45, 7) is 6.94. The zero-order valence-electron chi connectivity index (χ0n) is 21.3. The van der Waals surface area contributed by atoms with Crippen molar-refractivity contribution in [3.05, 3.63) is 76.8 Å². The molecule has 7 nitrogen and oxygen atoms in total. The highest BCUT2D eigenvalue weighted by atomic mass is 79.9. The molecular weight excluding hydrogens is 548 g/mol. The van der Waals surface area contributed by atoms with Crippen LogP contribution in [0.4, 0.5) is 5.69 Å². The lowest BCUT2D eigenvalue weighted by Gasteiger charge is -2.17. The molecule has 1 aromatic heterocycles. The molecule has 0 atom stereocenters. The van der Waals surface area contributed by atoms with Gasteiger partial charge in [0.25, 0.3) is 5.91 Å². The number of benzene rings is 4. The summed E-state index contributed by atoms with van der Waals surface area (Å²) in [5, 5.41) is 5.06. The van der Waals surface area contributed by atoms with E-state index in [1.165, 1.54) is 0 Å². The first kappa shape index (κ1) is 25.6. The number of carbonyl (C=O) groups excluding carboxylic acids is 1. The van der Waals surface area contributed by atoms with Gasteiger partial charge < -0.3 is 23.9 Å². The number of nitrogens with one attached hydrogen (secondary N) is 1. The van der Waals surface area contributed by atoms with E-state index >= 15 is 0 Å². The Labute approximate surface area is 228 Å². The molecule has 0 aliphatic heterocycles. The summed E-state index contributed by atoms with van der Waals surface area (Å²) in [5.41, 5.74) is 3.15. The highest BCUT2D eigenvalue weighted by Gasteiger charge is 2.19. The molecule has 0 saturated heterocycles. The first-order valence-corrected chi connectivity index (χ1v) is 13.3. The third-order valence-corrected chi connectivity index (χ3v) is 6.61. The number of anilines is 1. The van der Waals surface area contributed by atoms with Crippen LogP contribution in [0.1, 0.15) is 31.1 Å². The number of fused-ring (bicyclic) bond motifs is 2. The molecule has 0 spiro atoms. The van der Waals surface area contributed by atoms with Gasteiger partial charge in [0.05, 0.1) is 19.8 Å². The van der Waals surface area contributed by atoms with E-state index in [2.05, 4.69) is 21.2 Å². The van der Waals surface area contributed by atoms with Crippen LogP contribution >= 0.6 is 15.9 Å². The largest absolute Gasteiger partial charge is 0.490 e. The standard InChI is InChI=1S/C30H27BrN2O5/c1-4-35-26-15-18(16-27(36-5-2)28(26)37-6-3)29(34)32-19-13-14-25-24(17-19)33-30(38-25)22-11-7-10-21-20(22)9-8-12-23(21)31/h7-17H,4-6H2,1-3H3,(H,32,34). The fraction of sp³-hybridized carbons (Fsp3) is 0.200. The number of nitrogens with zero attached hydrogens (tertiary/aromatic N) is 1. The van der Waals surface area contributed by atoms with Gasteiger partial charge >= 0.3 is 0 Å². The maximum absolute atomic E-state index is 13.2. The van der Waals surface area contributed by atoms with Crippen molar-refractivity contribution in [1.29, 1.82) is 0 Å². The predicted octanol–water partition coefficient (Wildman–Crippen LogP) is 7.86. The first-order chi connectivity index (χ1) is 18.5. The molecule has 194 valence electrons. The molecular formula is C30H27BrN2O5. The Balaban J connectivity index is 1.46. The van der Waals surface area contributed by atoms with Gasteiger partial charge in [-0.25, -0.2) is 4.98 Å². The molecule has 0 saturated carbocycles. The van der Waals surface area contributed by atoms with Gasteiger partial charge in [0, 0.05) is 21.3 Å². The molecule has 38 heavy (non-hydrogen) atoms. The van der Waals surface area contributed by atoms with E-state index in [4.69, 9.17) is 23.6 Å². The third-order valence-electron chi connectivity index (χ3n) is 5.92. The van der Waals surface area contributed by atoms with Gasteiger partial charge in [0.1, 0.15) is 5.52 Å². The number of oxazole rings is 1. The lowest BCUT2D eigenvalue weighted by Crippen LogP contribution is -2.13. The molecule has 4 aromatic carbocycles. The van der Waals surface area contributed by atoms with E-state index < -0.39 is 0 Å². The van der Waals surface area contributed by atoms with Crippen LogP contribution in [0, 0.1) is 0 Å². The lowest BCUT2D eigenvalue weighted by atomic mass is 10.0. The smallest absolute Gasteiger partial charge is 0.255 e. The minimum atomic E-state index is -0.308. The van der Waals surface area contributed by atoms with Crippen molar-refractivity contribution >= 4 is 49.4 Å². The second kappa shape index (κ2) is 11.1. The van der Waals surface area contributed by atoms with Gasteiger partial charge in [-0.1, -0.05) is 40.2 Å². The molecule has 0 radical (unpaired) electrons. The zero-order valence-corrected chi connectivity index (χ0v) is 22.9. The van der Waals surface area contributed by atoms with Crippen LogP contribution in [0.25, 0.3) is 33.3 Å². The van der Waals surface area contributed by atoms with E-state index in [-0.39, 0.29) is 5.91 Å². The van der Waals surface area contributed by atoms with Crippen molar-refractivity contribution in [2.45, 2.75) is 20.8 Å². The van der Waals surface area contributed by atoms with Crippen LogP contribution in [0.5, 0.6) is 17.2 Å². The zero-order chi connectivity index (χ0) is 26.6. The predicted molar refractivity (Wildman–Crippen MR) is 153 cm³/mol. The first-order valence-electron chi connectivity index (χ1n) is 12.5. The van der Waals surface area contributed by atoms with Gasteiger partial charge in [-0.15, -0.1) is 0 Å². The van der Waals surface area contributed by atoms with Crippen LogP contribution in [-0.2, 0) is 0 Å². The molecule has 0 bridgehead atoms. The van der Waals surface area contributed by atoms with E-state index in [0.717, 1.165) is 20.8 Å². The van der Waals surface area contributed by atoms with Crippen molar-refractivity contribution in [1.82, 2.24) is 4.98 Å². The van der Waals surface area contributed by atoms with E-state index in [1.54, 1.807) is 30.3 Å². The van der Waals surface area contributed by atoms with Crippen molar-refractivity contribution in [3.63, 3.8) is 0 Å². The van der Waals surface area contributed by atoms with Gasteiger partial charge in [-0.05, 0) is 74.0 Å². The number of carbonyl (C=O) groups is 1. The molecule has 1 N–H and O–H groups in total. The summed E-state index contributed by atoms with van der Waals surface area (Å²) >= 11 is 3.61. The van der Waals surface area contributed by atoms with Crippen molar-refractivity contribution in [3.8, 4) is 28.7 Å². The third kappa shape index (κ3) is 5.04. The number of amides is 1. The molecule has 5 aromatic rings. The van der Waals surface area contributed by atoms with Crippen LogP contribution in [0.2, 0.25) is 0 Å². The molecule has 1 amide bonds. The Morgan fingerprint density at radius 2 is 1.55 bits per heavy atom. The van der Waals surface area contributed by atoms with Gasteiger partial charge in [-0.3, -0.25) is 4.79 Å². The fourth-order valence-electron chi connectivity index (χ4n) is 4.30. The normalized spacial score (nSPS) is 11.1. The SMILES string of the molecule is CCOc1cc(C(=O)Nc2ccc3oc(-c4cccc5c(Br)cccc45)nc3c2)cc(OCC)c1OCC. The Bertz CT molecular complexity index is 1600. The fourth-order valence-corrected chi connectivity index (χ4v) is 4.80. The molecule has 0 fully saturated rings. The second-order valence-corrected chi connectivity index (χ2v) is 9.25. The van der Waals surface area contributed by atoms with E-state index in [0.29, 0.717) is 65.3 Å². The van der Waals surface area contributed by atoms with E-state index in [1.807, 2.05) is 57.2 Å². The molecule has 0 aliphatic carbocycles. The second-order valence-electron chi connectivity index (χ2n) is 8.40. The van der Waals surface area contributed by atoms with Crippen molar-refractivity contribution < 1.29 is 23.4 Å². The molecule has 0 aliphatic rings. The van der Waals surface area contributed by atoms with Crippen LogP contribution in [-0.4, -0.2) is 30.7 Å². The molecule has 1 heterocycles. The molecule has 5 rings (SSSR count). The maximum atomic E-state index is 13.2. The van der Waals surface area contributed by atoms with Crippen LogP contribution < -0.4 is 19.5 Å². The molecule has 8 heteroatoms. The Morgan fingerprint density at radius 1 is 0.868 bits per heavy atom. The van der Waals surface area contributed by atoms with Crippen molar-refractivity contribution in [2.75, 3.05) is 25.1 Å². The van der Waals surface area contributed by atoms with Gasteiger partial charge in [0.15, 0.2) is 17.1 Å². The number of ether oxygens (including phenoxy) is 3. The number of halogens is 1. The van der Waals surface area contributed by atoms with Crippen molar-refractivity contribution in [2.24, 2.45) is 0 Å². The average Bonchev–Trinajstić information content (AvgIpc) is 3.34. The minimum Gasteiger partial charge on any atom is -0.490 e. The summed E-state index contributed by atoms with van der Waals surface area (Å²) in [4.78, 5) is 17.9. The topological polar surface area (TPSA) is 82.8 Å². The average molecular weight is 575 g/mol. The quantitative estimate of drug-likeness (QED) is 0.193. The van der Waals surface area contributed by atoms with Gasteiger partial charge in [0.2, 0.25) is 11.6 Å². The van der Waals surface area contributed by atoms with Crippen LogP contribution in [0.3, 0.4) is 0 Å². The van der Waals surface area contributed by atoms with Gasteiger partial charge in [-0.2, -0.15) is 0 Å². The number of hydrogen-bond acceptors (Lipinski definition) is 6. The Morgan fingerprint density at radius 3 is 2.26 bits per heavy atom. The monoisotopic (exact) mass is 574 g/mol.